The molecule has 8 nitrogen and oxygen atoms in total. The number of carbonyl (C=O) groups is 1. The highest BCUT2D eigenvalue weighted by atomic mass is 16.2. The summed E-state index contributed by atoms with van der Waals surface area (Å²) in [4.78, 5) is 36.8. The number of hydrogen-bond donors (Lipinski definition) is 1. The van der Waals surface area contributed by atoms with Gasteiger partial charge in [0.2, 0.25) is 5.95 Å². The lowest BCUT2D eigenvalue weighted by Crippen LogP contribution is -2.49. The maximum atomic E-state index is 12.8. The Kier molecular flexibility index (Phi) is 5.09. The number of nitrogens with zero attached hydrogens (tertiary/aromatic N) is 5. The number of rotatable bonds is 3. The van der Waals surface area contributed by atoms with Crippen LogP contribution in [0.4, 0.5) is 5.95 Å². The van der Waals surface area contributed by atoms with Crippen LogP contribution in [0.2, 0.25) is 0 Å². The van der Waals surface area contributed by atoms with E-state index in [-0.39, 0.29) is 17.0 Å². The van der Waals surface area contributed by atoms with Gasteiger partial charge in [0.25, 0.3) is 11.5 Å². The number of amides is 1. The molecule has 0 bridgehead atoms. The van der Waals surface area contributed by atoms with Crippen LogP contribution in [-0.2, 0) is 12.0 Å². The molecule has 30 heavy (non-hydrogen) atoms. The number of piperazine rings is 1. The maximum absolute atomic E-state index is 12.8. The topological polar surface area (TPSA) is 87.1 Å². The number of benzene rings is 1. The number of aromatic amines is 1. The average Bonchev–Trinajstić information content (AvgIpc) is 3.19. The summed E-state index contributed by atoms with van der Waals surface area (Å²) in [5.41, 5.74) is 2.04. The Morgan fingerprint density at radius 1 is 1.10 bits per heavy atom. The van der Waals surface area contributed by atoms with E-state index in [2.05, 4.69) is 17.0 Å². The predicted molar refractivity (Wildman–Crippen MR) is 117 cm³/mol. The van der Waals surface area contributed by atoms with E-state index in [9.17, 15) is 9.59 Å². The summed E-state index contributed by atoms with van der Waals surface area (Å²) in [6.07, 6.45) is 2.52. The minimum Gasteiger partial charge on any atom is -0.339 e. The molecule has 1 aliphatic heterocycles. The monoisotopic (exact) mass is 408 g/mol. The lowest BCUT2D eigenvalue weighted by atomic mass is 10.1. The van der Waals surface area contributed by atoms with Gasteiger partial charge in [-0.15, -0.1) is 0 Å². The standard InChI is InChI=1S/C22H28N6O2/c1-5-15-6-8-16(9-7-15)20(30)26-10-12-27(13-11-26)21-24-18-17(19(29)25-21)14-23-28(18)22(2,3)4/h6-9,14H,5,10-13H2,1-4H3,(H,24,25,29). The molecule has 0 spiro atoms. The van der Waals surface area contributed by atoms with Crippen molar-refractivity contribution in [3.63, 3.8) is 0 Å². The number of H-pyrrole nitrogens is 1. The van der Waals surface area contributed by atoms with Crippen LogP contribution >= 0.6 is 0 Å². The van der Waals surface area contributed by atoms with Gasteiger partial charge in [-0.25, -0.2) is 4.68 Å². The molecule has 1 aromatic carbocycles. The van der Waals surface area contributed by atoms with Crippen LogP contribution in [0.5, 0.6) is 0 Å². The summed E-state index contributed by atoms with van der Waals surface area (Å²) in [6, 6.07) is 7.81. The van der Waals surface area contributed by atoms with Gasteiger partial charge >= 0.3 is 0 Å². The largest absolute Gasteiger partial charge is 0.339 e. The summed E-state index contributed by atoms with van der Waals surface area (Å²) in [5.74, 6) is 0.568. The molecule has 1 aliphatic rings. The van der Waals surface area contributed by atoms with E-state index in [1.807, 2.05) is 54.8 Å². The second-order valence-corrected chi connectivity index (χ2v) is 8.68. The van der Waals surface area contributed by atoms with Crippen molar-refractivity contribution in [2.24, 2.45) is 0 Å². The van der Waals surface area contributed by atoms with E-state index >= 15 is 0 Å². The van der Waals surface area contributed by atoms with Crippen LogP contribution in [-0.4, -0.2) is 56.7 Å². The van der Waals surface area contributed by atoms with Crippen molar-refractivity contribution in [1.29, 1.82) is 0 Å². The third-order valence-corrected chi connectivity index (χ3v) is 5.54. The number of anilines is 1. The van der Waals surface area contributed by atoms with E-state index in [4.69, 9.17) is 4.98 Å². The highest BCUT2D eigenvalue weighted by molar-refractivity contribution is 5.94. The van der Waals surface area contributed by atoms with Crippen LogP contribution in [0.1, 0.15) is 43.6 Å². The van der Waals surface area contributed by atoms with Crippen molar-refractivity contribution in [3.8, 4) is 0 Å². The molecule has 1 N–H and O–H groups in total. The molecule has 0 unspecified atom stereocenters. The second-order valence-electron chi connectivity index (χ2n) is 8.68. The molecule has 158 valence electrons. The zero-order valence-electron chi connectivity index (χ0n) is 18.0. The minimum atomic E-state index is -0.280. The Hall–Kier alpha value is -3.16. The van der Waals surface area contributed by atoms with Crippen molar-refractivity contribution in [2.75, 3.05) is 31.1 Å². The first-order chi connectivity index (χ1) is 14.3. The zero-order valence-corrected chi connectivity index (χ0v) is 18.0. The van der Waals surface area contributed by atoms with Gasteiger partial charge < -0.3 is 9.80 Å². The first-order valence-electron chi connectivity index (χ1n) is 10.4. The molecule has 3 heterocycles. The van der Waals surface area contributed by atoms with Crippen LogP contribution in [0.3, 0.4) is 0 Å². The Morgan fingerprint density at radius 3 is 2.37 bits per heavy atom. The Balaban J connectivity index is 1.51. The van der Waals surface area contributed by atoms with Gasteiger partial charge in [-0.1, -0.05) is 19.1 Å². The fourth-order valence-electron chi connectivity index (χ4n) is 3.73. The second kappa shape index (κ2) is 7.59. The maximum Gasteiger partial charge on any atom is 0.263 e. The van der Waals surface area contributed by atoms with Gasteiger partial charge in [0.05, 0.1) is 11.7 Å². The number of aromatic nitrogens is 4. The molecule has 2 aromatic heterocycles. The smallest absolute Gasteiger partial charge is 0.263 e. The molecule has 1 amide bonds. The van der Waals surface area contributed by atoms with E-state index in [0.29, 0.717) is 48.7 Å². The van der Waals surface area contributed by atoms with E-state index < -0.39 is 0 Å². The van der Waals surface area contributed by atoms with E-state index in [1.165, 1.54) is 5.56 Å². The van der Waals surface area contributed by atoms with Crippen molar-refractivity contribution in [1.82, 2.24) is 24.6 Å². The molecule has 0 atom stereocenters. The molecule has 1 saturated heterocycles. The number of nitrogens with one attached hydrogen (secondary N) is 1. The number of fused-ring (bicyclic) bond motifs is 1. The quantitative estimate of drug-likeness (QED) is 0.719. The molecular weight excluding hydrogens is 380 g/mol. The van der Waals surface area contributed by atoms with Crippen LogP contribution in [0, 0.1) is 0 Å². The van der Waals surface area contributed by atoms with Crippen LogP contribution in [0.15, 0.2) is 35.3 Å². The lowest BCUT2D eigenvalue weighted by molar-refractivity contribution is 0.0746. The summed E-state index contributed by atoms with van der Waals surface area (Å²) in [5, 5.41) is 4.84. The Morgan fingerprint density at radius 2 is 1.77 bits per heavy atom. The molecule has 8 heteroatoms. The highest BCUT2D eigenvalue weighted by Crippen LogP contribution is 2.20. The predicted octanol–water partition coefficient (Wildman–Crippen LogP) is 2.40. The summed E-state index contributed by atoms with van der Waals surface area (Å²) >= 11 is 0. The van der Waals surface area contributed by atoms with Gasteiger partial charge in [0.15, 0.2) is 5.65 Å². The number of aryl methyl sites for hydroxylation is 1. The van der Waals surface area contributed by atoms with Crippen molar-refractivity contribution in [2.45, 2.75) is 39.7 Å². The first-order valence-corrected chi connectivity index (χ1v) is 10.4. The minimum absolute atomic E-state index is 0.0417. The summed E-state index contributed by atoms with van der Waals surface area (Å²) in [7, 11) is 0. The van der Waals surface area contributed by atoms with E-state index in [0.717, 1.165) is 6.42 Å². The number of hydrogen-bond acceptors (Lipinski definition) is 5. The third kappa shape index (κ3) is 3.69. The van der Waals surface area contributed by atoms with Crippen LogP contribution in [0.25, 0.3) is 11.0 Å². The number of carbonyl (C=O) groups excluding carboxylic acids is 1. The molecule has 0 aliphatic carbocycles. The van der Waals surface area contributed by atoms with Crippen molar-refractivity contribution in [3.05, 3.63) is 51.9 Å². The zero-order chi connectivity index (χ0) is 21.5. The molecule has 0 radical (unpaired) electrons. The normalized spacial score (nSPS) is 15.1. The summed E-state index contributed by atoms with van der Waals surface area (Å²) in [6.45, 7) is 10.6. The first kappa shape index (κ1) is 20.1. The van der Waals surface area contributed by atoms with Gasteiger partial charge in [0, 0.05) is 31.7 Å². The van der Waals surface area contributed by atoms with Gasteiger partial charge in [-0.05, 0) is 44.9 Å². The molecule has 1 fully saturated rings. The van der Waals surface area contributed by atoms with Crippen molar-refractivity contribution >= 4 is 22.9 Å². The van der Waals surface area contributed by atoms with Crippen molar-refractivity contribution < 1.29 is 4.79 Å². The Labute approximate surface area is 175 Å². The molecule has 4 rings (SSSR count). The van der Waals surface area contributed by atoms with Gasteiger partial charge in [-0.3, -0.25) is 14.6 Å². The average molecular weight is 409 g/mol. The SMILES string of the molecule is CCc1ccc(C(=O)N2CCN(c3nc4c(cnn4C(C)(C)C)c(=O)[nH]3)CC2)cc1. The highest BCUT2D eigenvalue weighted by Gasteiger charge is 2.25. The molecule has 3 aromatic rings. The summed E-state index contributed by atoms with van der Waals surface area (Å²) < 4.78 is 1.78. The molecule has 0 saturated carbocycles. The molecular formula is C22H28N6O2. The Bertz CT molecular complexity index is 1120. The van der Waals surface area contributed by atoms with E-state index in [1.54, 1.807) is 10.9 Å². The lowest BCUT2D eigenvalue weighted by Gasteiger charge is -2.35. The third-order valence-electron chi connectivity index (χ3n) is 5.54. The fourth-order valence-corrected chi connectivity index (χ4v) is 3.73. The van der Waals surface area contributed by atoms with Gasteiger partial charge in [0.1, 0.15) is 5.39 Å². The van der Waals surface area contributed by atoms with Crippen LogP contribution < -0.4 is 10.5 Å². The van der Waals surface area contributed by atoms with Gasteiger partial charge in [-0.2, -0.15) is 10.1 Å². The fraction of sp³-hybridized carbons (Fsp3) is 0.455.